The van der Waals surface area contributed by atoms with Crippen LogP contribution in [0.25, 0.3) is 0 Å². The van der Waals surface area contributed by atoms with Crippen molar-refractivity contribution in [3.63, 3.8) is 0 Å². The van der Waals surface area contributed by atoms with Crippen molar-refractivity contribution in [1.29, 1.82) is 0 Å². The van der Waals surface area contributed by atoms with Crippen LogP contribution in [0.15, 0.2) is 12.2 Å². The Kier molecular flexibility index (Phi) is 8.17. The van der Waals surface area contributed by atoms with Crippen LogP contribution in [0.4, 0.5) is 0 Å². The van der Waals surface area contributed by atoms with Crippen molar-refractivity contribution in [2.24, 2.45) is 0 Å². The Morgan fingerprint density at radius 1 is 1.44 bits per heavy atom. The summed E-state index contributed by atoms with van der Waals surface area (Å²) in [5.41, 5.74) is 0. The molecule has 0 rings (SSSR count). The van der Waals surface area contributed by atoms with Crippen LogP contribution >= 0.6 is 11.8 Å². The zero-order valence-corrected chi connectivity index (χ0v) is 7.08. The molecule has 0 atom stereocenters. The lowest BCUT2D eigenvalue weighted by molar-refractivity contribution is 1.18. The highest BCUT2D eigenvalue weighted by Gasteiger charge is 1.82. The summed E-state index contributed by atoms with van der Waals surface area (Å²) in [4.78, 5) is 0. The summed E-state index contributed by atoms with van der Waals surface area (Å²) in [6.07, 6.45) is 6.70. The summed E-state index contributed by atoms with van der Waals surface area (Å²) in [6, 6.07) is 0. The van der Waals surface area contributed by atoms with E-state index in [1.807, 2.05) is 11.8 Å². The Morgan fingerprint density at radius 2 is 2.22 bits per heavy atom. The van der Waals surface area contributed by atoms with Crippen LogP contribution in [0.2, 0.25) is 0 Å². The van der Waals surface area contributed by atoms with E-state index < -0.39 is 0 Å². The summed E-state index contributed by atoms with van der Waals surface area (Å²) in [7, 11) is 0. The van der Waals surface area contributed by atoms with Crippen molar-refractivity contribution in [3.8, 4) is 0 Å². The Morgan fingerprint density at radius 3 is 2.78 bits per heavy atom. The van der Waals surface area contributed by atoms with Crippen LogP contribution in [-0.2, 0) is 0 Å². The zero-order chi connectivity index (χ0) is 6.95. The average Bonchev–Trinajstić information content (AvgIpc) is 1.89. The molecule has 0 amide bonds. The number of hydrogen-bond donors (Lipinski definition) is 0. The van der Waals surface area contributed by atoms with E-state index in [1.165, 1.54) is 18.6 Å². The predicted octanol–water partition coefficient (Wildman–Crippen LogP) is 3.26. The van der Waals surface area contributed by atoms with Gasteiger partial charge < -0.3 is 0 Å². The fraction of sp³-hybridized carbons (Fsp3) is 0.625. The predicted molar refractivity (Wildman–Crippen MR) is 46.5 cm³/mol. The number of thioether (sulfide) groups is 1. The molecule has 0 saturated heterocycles. The maximum absolute atomic E-state index is 2.25. The maximum Gasteiger partial charge on any atom is 0.0163 e. The first kappa shape index (κ1) is 9.09. The van der Waals surface area contributed by atoms with Gasteiger partial charge >= 0.3 is 0 Å². The topological polar surface area (TPSA) is 0 Å². The molecule has 0 aliphatic carbocycles. The Bertz CT molecular complexity index is 67.0. The average molecular weight is 143 g/mol. The van der Waals surface area contributed by atoms with Gasteiger partial charge in [-0.3, -0.25) is 0 Å². The third-order valence-electron chi connectivity index (χ3n) is 0.923. The van der Waals surface area contributed by atoms with E-state index in [9.17, 15) is 0 Å². The molecule has 0 nitrogen and oxygen atoms in total. The highest BCUT2D eigenvalue weighted by Crippen LogP contribution is 2.08. The van der Waals surface area contributed by atoms with Crippen LogP contribution in [0.5, 0.6) is 0 Å². The van der Waals surface area contributed by atoms with Crippen molar-refractivity contribution < 1.29 is 0 Å². The normalized spacial score (nSPS) is 10.9. The second-order valence-corrected chi connectivity index (χ2v) is 2.88. The summed E-state index contributed by atoms with van der Waals surface area (Å²) in [6.45, 7) is 4.23. The van der Waals surface area contributed by atoms with Gasteiger partial charge in [0.25, 0.3) is 0 Å². The first-order valence-corrected chi connectivity index (χ1v) is 4.51. The Labute approximate surface area is 62.7 Å². The molecular formula is C8H15S. The van der Waals surface area contributed by atoms with Crippen LogP contribution in [0.1, 0.15) is 26.7 Å². The minimum absolute atomic E-state index is 1.18. The lowest BCUT2D eigenvalue weighted by Crippen LogP contribution is -1.73. The van der Waals surface area contributed by atoms with E-state index in [0.29, 0.717) is 0 Å². The van der Waals surface area contributed by atoms with Crippen molar-refractivity contribution in [1.82, 2.24) is 0 Å². The Balaban J connectivity index is 2.75. The second kappa shape index (κ2) is 8.09. The standard InChI is InChI=1S/C8H15S/c1-3-5-6-8-9-7-4-2/h3,5,7H,4,6,8H2,1-2H3/b5-3+. The van der Waals surface area contributed by atoms with Gasteiger partial charge in [0.1, 0.15) is 0 Å². The SMILES string of the molecule is C/C=C/CCS[CH]CC. The molecule has 0 spiro atoms. The first-order valence-electron chi connectivity index (χ1n) is 3.46. The third-order valence-corrected chi connectivity index (χ3v) is 1.96. The molecule has 0 saturated carbocycles. The molecule has 0 bridgehead atoms. The van der Waals surface area contributed by atoms with Crippen molar-refractivity contribution in [3.05, 3.63) is 17.9 Å². The van der Waals surface area contributed by atoms with E-state index in [4.69, 9.17) is 0 Å². The van der Waals surface area contributed by atoms with E-state index in [0.717, 1.165) is 0 Å². The van der Waals surface area contributed by atoms with Gasteiger partial charge in [-0.1, -0.05) is 19.1 Å². The van der Waals surface area contributed by atoms with Crippen LogP contribution in [-0.4, -0.2) is 5.75 Å². The minimum Gasteiger partial charge on any atom is -0.157 e. The van der Waals surface area contributed by atoms with E-state index in [1.54, 1.807) is 0 Å². The Hall–Kier alpha value is 0.0900. The van der Waals surface area contributed by atoms with Gasteiger partial charge in [-0.25, -0.2) is 0 Å². The molecule has 0 aromatic heterocycles. The van der Waals surface area contributed by atoms with Crippen molar-refractivity contribution >= 4 is 11.8 Å². The third kappa shape index (κ3) is 8.09. The molecule has 0 heterocycles. The summed E-state index contributed by atoms with van der Waals surface area (Å²) in [5.74, 6) is 3.49. The molecule has 1 radical (unpaired) electrons. The quantitative estimate of drug-likeness (QED) is 0.420. The van der Waals surface area contributed by atoms with Crippen LogP contribution < -0.4 is 0 Å². The molecule has 0 N–H and O–H groups in total. The van der Waals surface area contributed by atoms with Gasteiger partial charge in [-0.05, 0) is 25.5 Å². The summed E-state index contributed by atoms with van der Waals surface area (Å²) < 4.78 is 0. The second-order valence-electron chi connectivity index (χ2n) is 1.80. The van der Waals surface area contributed by atoms with Gasteiger partial charge in [0.2, 0.25) is 0 Å². The lowest BCUT2D eigenvalue weighted by atomic mass is 10.4. The molecule has 1 heteroatoms. The molecule has 0 aliphatic rings. The number of hydrogen-bond acceptors (Lipinski definition) is 1. The largest absolute Gasteiger partial charge is 0.157 e. The van der Waals surface area contributed by atoms with E-state index in [-0.39, 0.29) is 0 Å². The van der Waals surface area contributed by atoms with Crippen LogP contribution in [0.3, 0.4) is 0 Å². The fourth-order valence-electron chi connectivity index (χ4n) is 0.504. The lowest BCUT2D eigenvalue weighted by Gasteiger charge is -1.92. The minimum atomic E-state index is 1.18. The molecule has 53 valence electrons. The summed E-state index contributed by atoms with van der Waals surface area (Å²) in [5, 5.41) is 0. The summed E-state index contributed by atoms with van der Waals surface area (Å²) >= 11 is 1.92. The fourth-order valence-corrected chi connectivity index (χ4v) is 1.18. The van der Waals surface area contributed by atoms with Gasteiger partial charge in [0.15, 0.2) is 0 Å². The van der Waals surface area contributed by atoms with Crippen LogP contribution in [0, 0.1) is 5.75 Å². The molecule has 0 aliphatic heterocycles. The van der Waals surface area contributed by atoms with Crippen molar-refractivity contribution in [2.45, 2.75) is 26.7 Å². The monoisotopic (exact) mass is 143 g/mol. The molecular weight excluding hydrogens is 128 g/mol. The molecule has 9 heavy (non-hydrogen) atoms. The van der Waals surface area contributed by atoms with E-state index >= 15 is 0 Å². The molecule has 0 aromatic carbocycles. The van der Waals surface area contributed by atoms with Gasteiger partial charge in [0.05, 0.1) is 0 Å². The highest BCUT2D eigenvalue weighted by atomic mass is 32.2. The molecule has 0 fully saturated rings. The smallest absolute Gasteiger partial charge is 0.0163 e. The van der Waals surface area contributed by atoms with Gasteiger partial charge in [-0.2, -0.15) is 11.8 Å². The zero-order valence-electron chi connectivity index (χ0n) is 6.26. The highest BCUT2D eigenvalue weighted by molar-refractivity contribution is 8.01. The van der Waals surface area contributed by atoms with E-state index in [2.05, 4.69) is 31.8 Å². The maximum atomic E-state index is 2.25. The van der Waals surface area contributed by atoms with Gasteiger partial charge in [0, 0.05) is 5.75 Å². The molecule has 0 aromatic rings. The van der Waals surface area contributed by atoms with Gasteiger partial charge in [-0.15, -0.1) is 0 Å². The number of allylic oxidation sites excluding steroid dienone is 2. The number of rotatable bonds is 5. The van der Waals surface area contributed by atoms with Crippen molar-refractivity contribution in [2.75, 3.05) is 5.75 Å². The first-order chi connectivity index (χ1) is 4.41. The molecule has 0 unspecified atom stereocenters.